The molecule has 0 amide bonds. The van der Waals surface area contributed by atoms with E-state index >= 15 is 0 Å². The highest BCUT2D eigenvalue weighted by atomic mass is 35.5. The van der Waals surface area contributed by atoms with Crippen molar-refractivity contribution in [2.45, 2.75) is 31.2 Å². The molecule has 158 valence electrons. The van der Waals surface area contributed by atoms with Crippen LogP contribution in [0.5, 0.6) is 0 Å². The summed E-state index contributed by atoms with van der Waals surface area (Å²) in [4.78, 5) is 20.3. The second-order valence-corrected chi connectivity index (χ2v) is 8.79. The van der Waals surface area contributed by atoms with Gasteiger partial charge in [0.05, 0.1) is 40.2 Å². The van der Waals surface area contributed by atoms with Crippen molar-refractivity contribution in [1.29, 1.82) is 0 Å². The van der Waals surface area contributed by atoms with E-state index in [1.54, 1.807) is 4.68 Å². The van der Waals surface area contributed by atoms with Crippen LogP contribution in [-0.2, 0) is 30.0 Å². The Hall–Kier alpha value is -2.69. The van der Waals surface area contributed by atoms with Crippen molar-refractivity contribution in [3.8, 4) is 0 Å². The Morgan fingerprint density at radius 1 is 1.23 bits per heavy atom. The number of Topliss-reactive ketones (excluding diaryl/α,β-unsaturated/α-hetero) is 1. The summed E-state index contributed by atoms with van der Waals surface area (Å²) in [5, 5.41) is 3.95. The molecule has 0 aliphatic carbocycles. The Balaban J connectivity index is 1.59. The van der Waals surface area contributed by atoms with E-state index in [1.807, 2.05) is 20.0 Å². The number of aryl methyl sites for hydroxylation is 3. The van der Waals surface area contributed by atoms with Crippen LogP contribution in [0.4, 0.5) is 4.39 Å². The van der Waals surface area contributed by atoms with Crippen LogP contribution in [0.15, 0.2) is 41.6 Å². The molecule has 2 heterocycles. The lowest BCUT2D eigenvalue weighted by Gasteiger charge is -2.07. The topological polar surface area (TPSA) is 107 Å². The molecule has 0 atom stereocenters. The number of halogens is 2. The lowest BCUT2D eigenvalue weighted by molar-refractivity contribution is 0.0977. The summed E-state index contributed by atoms with van der Waals surface area (Å²) in [5.41, 5.74) is 2.35. The van der Waals surface area contributed by atoms with Gasteiger partial charge in [-0.3, -0.25) is 14.5 Å². The predicted molar refractivity (Wildman–Crippen MR) is 108 cm³/mol. The highest BCUT2D eigenvalue weighted by Gasteiger charge is 2.16. The van der Waals surface area contributed by atoms with Crippen LogP contribution in [0.2, 0.25) is 5.02 Å². The van der Waals surface area contributed by atoms with E-state index in [0.717, 1.165) is 29.6 Å². The van der Waals surface area contributed by atoms with Crippen molar-refractivity contribution in [1.82, 2.24) is 24.5 Å². The van der Waals surface area contributed by atoms with Gasteiger partial charge in [0.2, 0.25) is 10.0 Å². The molecule has 0 saturated carbocycles. The summed E-state index contributed by atoms with van der Waals surface area (Å²) in [7, 11) is -2.09. The van der Waals surface area contributed by atoms with Gasteiger partial charge < -0.3 is 0 Å². The number of carbonyl (C=O) groups is 1. The van der Waals surface area contributed by atoms with E-state index in [2.05, 4.69) is 19.8 Å². The third kappa shape index (κ3) is 5.26. The minimum Gasteiger partial charge on any atom is -0.292 e. The number of benzene rings is 1. The molecule has 8 nitrogen and oxygen atoms in total. The van der Waals surface area contributed by atoms with Gasteiger partial charge in [0.15, 0.2) is 5.78 Å². The molecule has 30 heavy (non-hydrogen) atoms. The first-order valence-electron chi connectivity index (χ1n) is 8.94. The maximum atomic E-state index is 13.2. The molecular weight excluding hydrogens is 433 g/mol. The van der Waals surface area contributed by atoms with Gasteiger partial charge in [0.25, 0.3) is 0 Å². The molecule has 0 bridgehead atoms. The van der Waals surface area contributed by atoms with Crippen LogP contribution in [0.3, 0.4) is 0 Å². The first kappa shape index (κ1) is 22.0. The number of nitrogens with zero attached hydrogens (tertiary/aromatic N) is 4. The quantitative estimate of drug-likeness (QED) is 0.527. The molecule has 1 N–H and O–H groups in total. The third-order valence-corrected chi connectivity index (χ3v) is 6.03. The number of hydrogen-bond acceptors (Lipinski definition) is 6. The van der Waals surface area contributed by atoms with Crippen molar-refractivity contribution in [2.75, 3.05) is 0 Å². The number of sulfonamides is 1. The molecule has 2 aromatic heterocycles. The van der Waals surface area contributed by atoms with Gasteiger partial charge in [-0.2, -0.15) is 5.10 Å². The van der Waals surface area contributed by atoms with Crippen molar-refractivity contribution < 1.29 is 17.6 Å². The van der Waals surface area contributed by atoms with Gasteiger partial charge in [0.1, 0.15) is 11.5 Å². The van der Waals surface area contributed by atoms with E-state index < -0.39 is 15.8 Å². The Labute approximate surface area is 178 Å². The van der Waals surface area contributed by atoms with Gasteiger partial charge in [-0.1, -0.05) is 11.6 Å². The first-order valence-corrected chi connectivity index (χ1v) is 10.8. The lowest BCUT2D eigenvalue weighted by Crippen LogP contribution is -2.24. The minimum absolute atomic E-state index is 0.146. The number of nitrogens with one attached hydrogen (secondary N) is 1. The van der Waals surface area contributed by atoms with Crippen LogP contribution < -0.4 is 4.72 Å². The van der Waals surface area contributed by atoms with E-state index in [0.29, 0.717) is 12.1 Å². The minimum atomic E-state index is -3.91. The Kier molecular flexibility index (Phi) is 6.59. The molecule has 0 unspecified atom stereocenters. The van der Waals surface area contributed by atoms with Gasteiger partial charge in [-0.05, 0) is 37.6 Å². The smallest absolute Gasteiger partial charge is 0.240 e. The Morgan fingerprint density at radius 3 is 2.60 bits per heavy atom. The largest absolute Gasteiger partial charge is 0.292 e. The van der Waals surface area contributed by atoms with Crippen LogP contribution in [0.25, 0.3) is 0 Å². The first-order chi connectivity index (χ1) is 14.2. The average molecular weight is 452 g/mol. The highest BCUT2D eigenvalue weighted by Crippen LogP contribution is 2.19. The van der Waals surface area contributed by atoms with E-state index in [9.17, 15) is 17.6 Å². The fourth-order valence-electron chi connectivity index (χ4n) is 2.75. The molecule has 3 aromatic rings. The molecule has 1 aromatic carbocycles. The van der Waals surface area contributed by atoms with Crippen molar-refractivity contribution in [3.63, 3.8) is 0 Å². The lowest BCUT2D eigenvalue weighted by atomic mass is 10.1. The summed E-state index contributed by atoms with van der Waals surface area (Å²) in [6.07, 6.45) is 3.43. The van der Waals surface area contributed by atoms with Crippen LogP contribution in [0, 0.1) is 12.7 Å². The predicted octanol–water partition coefficient (Wildman–Crippen LogP) is 2.61. The summed E-state index contributed by atoms with van der Waals surface area (Å²) in [6, 6.07) is 5.03. The molecule has 11 heteroatoms. The van der Waals surface area contributed by atoms with Gasteiger partial charge in [-0.25, -0.2) is 22.5 Å². The molecule has 3 rings (SSSR count). The van der Waals surface area contributed by atoms with Crippen LogP contribution >= 0.6 is 11.6 Å². The standard InChI is InChI=1S/C19H19ClFN5O3S/c1-12-7-14(26(2)25-12)3-6-19(27)18-11-22-13(9-23-18)10-24-30(28,29)15-4-5-17(21)16(20)8-15/h4-5,7-9,11,24H,3,6,10H2,1-2H3. The maximum absolute atomic E-state index is 13.2. The maximum Gasteiger partial charge on any atom is 0.240 e. The molecule has 0 spiro atoms. The second-order valence-electron chi connectivity index (χ2n) is 6.62. The van der Waals surface area contributed by atoms with E-state index in [4.69, 9.17) is 11.6 Å². The zero-order valence-corrected chi connectivity index (χ0v) is 17.8. The number of ketones is 1. The van der Waals surface area contributed by atoms with Crippen molar-refractivity contribution in [3.05, 3.63) is 70.3 Å². The monoisotopic (exact) mass is 451 g/mol. The van der Waals surface area contributed by atoms with Crippen molar-refractivity contribution >= 4 is 27.4 Å². The molecule has 0 aliphatic heterocycles. The van der Waals surface area contributed by atoms with Crippen LogP contribution in [0.1, 0.15) is 34.0 Å². The van der Waals surface area contributed by atoms with Gasteiger partial charge >= 0.3 is 0 Å². The summed E-state index contributed by atoms with van der Waals surface area (Å²) in [5.74, 6) is -0.880. The van der Waals surface area contributed by atoms with Gasteiger partial charge in [-0.15, -0.1) is 0 Å². The summed E-state index contributed by atoms with van der Waals surface area (Å²) < 4.78 is 41.9. The zero-order valence-electron chi connectivity index (χ0n) is 16.3. The normalized spacial score (nSPS) is 11.6. The number of carbonyl (C=O) groups excluding carboxylic acids is 1. The fourth-order valence-corrected chi connectivity index (χ4v) is 4.02. The molecule has 0 fully saturated rings. The van der Waals surface area contributed by atoms with Gasteiger partial charge in [0, 0.05) is 19.2 Å². The molecular formula is C19H19ClFN5O3S. The van der Waals surface area contributed by atoms with Crippen LogP contribution in [-0.4, -0.2) is 33.9 Å². The Bertz CT molecular complexity index is 1180. The SMILES string of the molecule is Cc1cc(CCC(=O)c2cnc(CNS(=O)(=O)c3ccc(F)c(Cl)c3)cn2)n(C)n1. The molecule has 0 radical (unpaired) electrons. The average Bonchev–Trinajstić information content (AvgIpc) is 3.04. The number of rotatable bonds is 8. The van der Waals surface area contributed by atoms with Crippen molar-refractivity contribution in [2.24, 2.45) is 7.05 Å². The zero-order chi connectivity index (χ0) is 21.9. The Morgan fingerprint density at radius 2 is 2.00 bits per heavy atom. The third-order valence-electron chi connectivity index (χ3n) is 4.34. The number of aromatic nitrogens is 4. The molecule has 0 aliphatic rings. The summed E-state index contributed by atoms with van der Waals surface area (Å²) in [6.45, 7) is 1.74. The fraction of sp³-hybridized carbons (Fsp3) is 0.263. The second kappa shape index (κ2) is 8.99. The molecule has 0 saturated heterocycles. The highest BCUT2D eigenvalue weighted by molar-refractivity contribution is 7.89. The summed E-state index contributed by atoms with van der Waals surface area (Å²) >= 11 is 5.63. The van der Waals surface area contributed by atoms with E-state index in [1.165, 1.54) is 12.4 Å². The number of hydrogen-bond donors (Lipinski definition) is 1. The van der Waals surface area contributed by atoms with E-state index in [-0.39, 0.29) is 34.4 Å².